The first-order valence-corrected chi connectivity index (χ1v) is 17.2. The van der Waals surface area contributed by atoms with Crippen molar-refractivity contribution in [3.05, 3.63) is 35.6 Å². The molecule has 1 saturated heterocycles. The SMILES string of the molecule is C=CC1C[C@]1(NC(=O)[C@@H]1C[C@@H](Oc2cncc(Br)c2)CN1C(=O)[C@@H](NC(=O)OC(C)(C)C)C(C)(C)C)C(=O)NS(=O)(=O)C1CC1. The molecule has 0 bridgehead atoms. The van der Waals surface area contributed by atoms with E-state index in [9.17, 15) is 27.6 Å². The van der Waals surface area contributed by atoms with Crippen LogP contribution in [0.15, 0.2) is 35.6 Å². The Kier molecular flexibility index (Phi) is 9.66. The molecular weight excluding hydrogens is 670 g/mol. The second-order valence-corrected chi connectivity index (χ2v) is 16.8. The van der Waals surface area contributed by atoms with E-state index in [0.29, 0.717) is 23.1 Å². The molecular formula is C30H42BrN5O8S. The first-order valence-electron chi connectivity index (χ1n) is 14.8. The average Bonchev–Trinajstić information content (AvgIpc) is 3.82. The average molecular weight is 713 g/mol. The minimum atomic E-state index is -3.87. The van der Waals surface area contributed by atoms with Crippen LogP contribution in [0.4, 0.5) is 4.79 Å². The van der Waals surface area contributed by atoms with Gasteiger partial charge in [-0.05, 0) is 67.4 Å². The van der Waals surface area contributed by atoms with Gasteiger partial charge >= 0.3 is 6.09 Å². The fourth-order valence-corrected chi connectivity index (χ4v) is 6.99. The van der Waals surface area contributed by atoms with Crippen LogP contribution in [0.2, 0.25) is 0 Å². The summed E-state index contributed by atoms with van der Waals surface area (Å²) < 4.78 is 39.4. The Morgan fingerprint density at radius 3 is 2.36 bits per heavy atom. The predicted octanol–water partition coefficient (Wildman–Crippen LogP) is 2.80. The Morgan fingerprint density at radius 2 is 1.82 bits per heavy atom. The van der Waals surface area contributed by atoms with Crippen molar-refractivity contribution in [2.24, 2.45) is 11.3 Å². The van der Waals surface area contributed by atoms with Gasteiger partial charge in [0.15, 0.2) is 0 Å². The van der Waals surface area contributed by atoms with Crippen LogP contribution in [0.25, 0.3) is 0 Å². The van der Waals surface area contributed by atoms with E-state index in [1.165, 1.54) is 17.2 Å². The standard InChI is InChI=1S/C30H42BrN5O8S/c1-8-17-13-30(17,26(39)35-45(41,42)21-9-10-21)34-24(37)22-12-20(43-19-11-18(31)14-32-15-19)16-36(22)25(38)23(28(2,3)4)33-27(40)44-29(5,6)7/h8,11,14-15,17,20-23H,1,9-10,12-13,16H2,2-7H3,(H,33,40)(H,34,37)(H,35,39)/t17?,20-,22+,23-,30-/m1/s1. The molecule has 0 spiro atoms. The van der Waals surface area contributed by atoms with Crippen LogP contribution in [-0.4, -0.2) is 83.2 Å². The third kappa shape index (κ3) is 8.34. The first-order chi connectivity index (χ1) is 20.8. The molecule has 15 heteroatoms. The molecule has 4 amide bonds. The quantitative estimate of drug-likeness (QED) is 0.309. The molecule has 4 rings (SSSR count). The van der Waals surface area contributed by atoms with E-state index >= 15 is 0 Å². The second-order valence-electron chi connectivity index (χ2n) is 13.9. The van der Waals surface area contributed by atoms with Crippen molar-refractivity contribution in [2.75, 3.05) is 6.54 Å². The van der Waals surface area contributed by atoms with E-state index < -0.39 is 79.7 Å². The highest BCUT2D eigenvalue weighted by molar-refractivity contribution is 9.10. The predicted molar refractivity (Wildman–Crippen MR) is 168 cm³/mol. The molecule has 45 heavy (non-hydrogen) atoms. The summed E-state index contributed by atoms with van der Waals surface area (Å²) in [4.78, 5) is 59.7. The summed E-state index contributed by atoms with van der Waals surface area (Å²) in [5.74, 6) is -2.13. The van der Waals surface area contributed by atoms with Crippen molar-refractivity contribution in [3.63, 3.8) is 0 Å². The molecule has 3 aliphatic rings. The number of pyridine rings is 1. The van der Waals surface area contributed by atoms with Crippen molar-refractivity contribution < 1.29 is 37.1 Å². The van der Waals surface area contributed by atoms with E-state index in [0.717, 1.165) is 0 Å². The number of alkyl carbamates (subject to hydrolysis) is 1. The lowest BCUT2D eigenvalue weighted by Gasteiger charge is -2.36. The van der Waals surface area contributed by atoms with E-state index in [2.05, 4.69) is 42.8 Å². The molecule has 2 heterocycles. The molecule has 3 N–H and O–H groups in total. The van der Waals surface area contributed by atoms with Gasteiger partial charge < -0.3 is 25.0 Å². The lowest BCUT2D eigenvalue weighted by atomic mass is 9.85. The Morgan fingerprint density at radius 1 is 1.16 bits per heavy atom. The van der Waals surface area contributed by atoms with Gasteiger partial charge in [0.2, 0.25) is 21.8 Å². The molecule has 248 valence electrons. The smallest absolute Gasteiger partial charge is 0.408 e. The monoisotopic (exact) mass is 711 g/mol. The normalized spacial score (nSPS) is 25.5. The van der Waals surface area contributed by atoms with Crippen molar-refractivity contribution in [3.8, 4) is 5.75 Å². The Bertz CT molecular complexity index is 1470. The van der Waals surface area contributed by atoms with Crippen LogP contribution in [0, 0.1) is 11.3 Å². The molecule has 13 nitrogen and oxygen atoms in total. The Hall–Kier alpha value is -3.20. The van der Waals surface area contributed by atoms with Gasteiger partial charge in [0, 0.05) is 23.0 Å². The molecule has 2 saturated carbocycles. The van der Waals surface area contributed by atoms with E-state index in [1.54, 1.807) is 53.8 Å². The number of hydrogen-bond acceptors (Lipinski definition) is 9. The molecule has 1 aliphatic heterocycles. The third-order valence-corrected chi connectivity index (χ3v) is 10.1. The topological polar surface area (TPSA) is 173 Å². The van der Waals surface area contributed by atoms with E-state index in [1.807, 2.05) is 0 Å². The summed E-state index contributed by atoms with van der Waals surface area (Å²) in [6.07, 6.45) is 4.30. The minimum Gasteiger partial charge on any atom is -0.487 e. The number of likely N-dealkylation sites (tertiary alicyclic amines) is 1. The maximum atomic E-state index is 14.2. The summed E-state index contributed by atoms with van der Waals surface area (Å²) in [6, 6.07) is -0.493. The van der Waals surface area contributed by atoms with Crippen LogP contribution in [0.1, 0.15) is 67.2 Å². The van der Waals surface area contributed by atoms with Gasteiger partial charge in [-0.25, -0.2) is 13.2 Å². The molecule has 3 fully saturated rings. The van der Waals surface area contributed by atoms with Crippen LogP contribution in [0.3, 0.4) is 0 Å². The number of halogens is 1. The molecule has 5 atom stereocenters. The maximum absolute atomic E-state index is 14.2. The number of nitrogens with zero attached hydrogens (tertiary/aromatic N) is 2. The summed E-state index contributed by atoms with van der Waals surface area (Å²) in [7, 11) is -3.87. The third-order valence-electron chi connectivity index (χ3n) is 7.85. The number of aromatic nitrogens is 1. The number of rotatable bonds is 10. The molecule has 2 aliphatic carbocycles. The summed E-state index contributed by atoms with van der Waals surface area (Å²) in [5, 5.41) is 4.80. The van der Waals surface area contributed by atoms with Crippen molar-refractivity contribution >= 4 is 49.8 Å². The summed E-state index contributed by atoms with van der Waals surface area (Å²) >= 11 is 3.35. The summed E-state index contributed by atoms with van der Waals surface area (Å²) in [6.45, 7) is 14.2. The van der Waals surface area contributed by atoms with Crippen LogP contribution < -0.4 is 20.1 Å². The zero-order chi connectivity index (χ0) is 33.5. The second kappa shape index (κ2) is 12.5. The van der Waals surface area contributed by atoms with E-state index in [4.69, 9.17) is 9.47 Å². The van der Waals surface area contributed by atoms with Gasteiger partial charge in [-0.2, -0.15) is 0 Å². The van der Waals surface area contributed by atoms with Gasteiger partial charge in [0.25, 0.3) is 5.91 Å². The fraction of sp³-hybridized carbons (Fsp3) is 0.633. The minimum absolute atomic E-state index is 0.00778. The van der Waals surface area contributed by atoms with Gasteiger partial charge in [-0.1, -0.05) is 26.8 Å². The van der Waals surface area contributed by atoms with Gasteiger partial charge in [0.05, 0.1) is 18.0 Å². The highest BCUT2D eigenvalue weighted by atomic mass is 79.9. The molecule has 1 unspecified atom stereocenters. The van der Waals surface area contributed by atoms with E-state index in [-0.39, 0.29) is 19.4 Å². The van der Waals surface area contributed by atoms with Crippen LogP contribution in [0.5, 0.6) is 5.75 Å². The number of carbonyl (C=O) groups excluding carboxylic acids is 4. The number of ether oxygens (including phenoxy) is 2. The number of hydrogen-bond donors (Lipinski definition) is 3. The molecule has 1 aromatic rings. The zero-order valence-corrected chi connectivity index (χ0v) is 28.8. The van der Waals surface area contributed by atoms with Crippen molar-refractivity contribution in [2.45, 2.75) is 102 Å². The van der Waals surface area contributed by atoms with Gasteiger partial charge in [-0.3, -0.25) is 24.1 Å². The van der Waals surface area contributed by atoms with Gasteiger partial charge in [0.1, 0.15) is 35.1 Å². The molecule has 0 radical (unpaired) electrons. The summed E-state index contributed by atoms with van der Waals surface area (Å²) in [5.41, 5.74) is -3.12. The largest absolute Gasteiger partial charge is 0.487 e. The lowest BCUT2D eigenvalue weighted by Crippen LogP contribution is -2.60. The van der Waals surface area contributed by atoms with Crippen molar-refractivity contribution in [1.82, 2.24) is 25.2 Å². The highest BCUT2D eigenvalue weighted by Crippen LogP contribution is 2.45. The number of carbonyl (C=O) groups is 4. The van der Waals surface area contributed by atoms with Crippen LogP contribution in [-0.2, 0) is 29.1 Å². The number of nitrogens with one attached hydrogen (secondary N) is 3. The first kappa shape index (κ1) is 34.7. The lowest BCUT2D eigenvalue weighted by molar-refractivity contribution is -0.143. The fourth-order valence-electron chi connectivity index (χ4n) is 5.28. The molecule has 0 aromatic carbocycles. The Labute approximate surface area is 272 Å². The molecule has 1 aromatic heterocycles. The van der Waals surface area contributed by atoms with Gasteiger partial charge in [-0.15, -0.1) is 6.58 Å². The number of sulfonamides is 1. The van der Waals surface area contributed by atoms with Crippen molar-refractivity contribution in [1.29, 1.82) is 0 Å². The van der Waals surface area contributed by atoms with Crippen LogP contribution >= 0.6 is 15.9 Å². The number of amides is 4. The zero-order valence-electron chi connectivity index (χ0n) is 26.4. The maximum Gasteiger partial charge on any atom is 0.408 e. The highest BCUT2D eigenvalue weighted by Gasteiger charge is 2.62. The Balaban J connectivity index is 1.60.